The Morgan fingerprint density at radius 1 is 1.50 bits per heavy atom. The molecule has 0 atom stereocenters. The Labute approximate surface area is 81.4 Å². The molecule has 0 radical (unpaired) electrons. The van der Waals surface area contributed by atoms with Crippen LogP contribution in [0.1, 0.15) is 10.4 Å². The lowest BCUT2D eigenvalue weighted by Gasteiger charge is -1.95. The summed E-state index contributed by atoms with van der Waals surface area (Å²) in [5.41, 5.74) is 2.17. The van der Waals surface area contributed by atoms with Crippen LogP contribution in [0, 0.1) is 6.57 Å². The molecule has 0 aliphatic carbocycles. The maximum absolute atomic E-state index is 10.7. The van der Waals surface area contributed by atoms with E-state index in [0.29, 0.717) is 11.3 Å². The Morgan fingerprint density at radius 2 is 2.29 bits per heavy atom. The highest BCUT2D eigenvalue weighted by Gasteiger charge is 2.05. The number of aldehydes is 1. The molecule has 3 heteroatoms. The molecule has 0 saturated carbocycles. The third-order valence-corrected chi connectivity index (χ3v) is 2.26. The molecule has 0 amide bonds. The van der Waals surface area contributed by atoms with Gasteiger partial charge in [0.25, 0.3) is 0 Å². The predicted molar refractivity (Wildman–Crippen MR) is 54.6 cm³/mol. The van der Waals surface area contributed by atoms with E-state index >= 15 is 0 Å². The second-order valence-electron chi connectivity index (χ2n) is 3.13. The molecular formula is C11H8N2O. The summed E-state index contributed by atoms with van der Waals surface area (Å²) in [5.74, 6) is 0. The van der Waals surface area contributed by atoms with E-state index in [4.69, 9.17) is 6.57 Å². The maximum atomic E-state index is 10.7. The smallest absolute Gasteiger partial charge is 0.188 e. The maximum Gasteiger partial charge on any atom is 0.188 e. The number of benzene rings is 1. The molecule has 0 N–H and O–H groups in total. The summed E-state index contributed by atoms with van der Waals surface area (Å²) in [6.45, 7) is 6.88. The van der Waals surface area contributed by atoms with Crippen molar-refractivity contribution in [2.45, 2.75) is 0 Å². The van der Waals surface area contributed by atoms with Crippen LogP contribution in [-0.2, 0) is 7.05 Å². The average Bonchev–Trinajstić information content (AvgIpc) is 2.55. The van der Waals surface area contributed by atoms with Crippen LogP contribution in [0.5, 0.6) is 0 Å². The third kappa shape index (κ3) is 1.09. The van der Waals surface area contributed by atoms with Crippen LogP contribution in [0.3, 0.4) is 0 Å². The number of fused-ring (bicyclic) bond motifs is 1. The lowest BCUT2D eigenvalue weighted by molar-refractivity contribution is 0.112. The van der Waals surface area contributed by atoms with Crippen LogP contribution in [0.2, 0.25) is 0 Å². The van der Waals surface area contributed by atoms with Crippen molar-refractivity contribution in [3.63, 3.8) is 0 Å². The van der Waals surface area contributed by atoms with E-state index in [1.807, 2.05) is 17.7 Å². The van der Waals surface area contributed by atoms with Gasteiger partial charge in [0.05, 0.1) is 6.57 Å². The van der Waals surface area contributed by atoms with Crippen molar-refractivity contribution >= 4 is 22.9 Å². The highest BCUT2D eigenvalue weighted by Crippen LogP contribution is 2.24. The van der Waals surface area contributed by atoms with Gasteiger partial charge in [-0.2, -0.15) is 0 Å². The van der Waals surface area contributed by atoms with Crippen LogP contribution in [0.15, 0.2) is 24.4 Å². The van der Waals surface area contributed by atoms with Gasteiger partial charge in [0.2, 0.25) is 0 Å². The summed E-state index contributed by atoms with van der Waals surface area (Å²) in [6, 6.07) is 5.35. The summed E-state index contributed by atoms with van der Waals surface area (Å²) in [7, 11) is 1.88. The lowest BCUT2D eigenvalue weighted by Crippen LogP contribution is -1.82. The molecule has 0 spiro atoms. The van der Waals surface area contributed by atoms with E-state index < -0.39 is 0 Å². The van der Waals surface area contributed by atoms with Crippen LogP contribution < -0.4 is 0 Å². The molecule has 2 rings (SSSR count). The molecule has 3 nitrogen and oxygen atoms in total. The molecule has 14 heavy (non-hydrogen) atoms. The number of aromatic nitrogens is 1. The Balaban J connectivity index is 2.86. The van der Waals surface area contributed by atoms with E-state index in [1.54, 1.807) is 18.3 Å². The Bertz CT molecular complexity index is 546. The van der Waals surface area contributed by atoms with Crippen molar-refractivity contribution in [2.24, 2.45) is 7.05 Å². The summed E-state index contributed by atoms with van der Waals surface area (Å²) < 4.78 is 1.88. The normalized spacial score (nSPS) is 10.0. The van der Waals surface area contributed by atoms with Crippen molar-refractivity contribution in [3.05, 3.63) is 41.4 Å². The highest BCUT2D eigenvalue weighted by molar-refractivity contribution is 5.99. The molecule has 1 heterocycles. The van der Waals surface area contributed by atoms with Gasteiger partial charge < -0.3 is 4.57 Å². The number of carbonyl (C=O) groups is 1. The first-order valence-corrected chi connectivity index (χ1v) is 4.18. The van der Waals surface area contributed by atoms with Gasteiger partial charge in [0.15, 0.2) is 12.0 Å². The summed E-state index contributed by atoms with van der Waals surface area (Å²) >= 11 is 0. The molecular weight excluding hydrogens is 176 g/mol. The fraction of sp³-hybridized carbons (Fsp3) is 0.0909. The Hall–Kier alpha value is -2.08. The number of hydrogen-bond donors (Lipinski definition) is 0. The molecule has 68 valence electrons. The molecule has 0 unspecified atom stereocenters. The van der Waals surface area contributed by atoms with Crippen molar-refractivity contribution in [2.75, 3.05) is 0 Å². The molecule has 1 aromatic heterocycles. The van der Waals surface area contributed by atoms with Crippen LogP contribution in [-0.4, -0.2) is 10.9 Å². The first kappa shape index (κ1) is 8.52. The number of nitrogens with zero attached hydrogens (tertiary/aromatic N) is 2. The molecule has 0 bridgehead atoms. The van der Waals surface area contributed by atoms with Gasteiger partial charge in [0.1, 0.15) is 0 Å². The van der Waals surface area contributed by atoms with E-state index in [2.05, 4.69) is 4.85 Å². The highest BCUT2D eigenvalue weighted by atomic mass is 16.1. The van der Waals surface area contributed by atoms with Crippen molar-refractivity contribution in [1.82, 2.24) is 4.57 Å². The zero-order chi connectivity index (χ0) is 10.1. The third-order valence-electron chi connectivity index (χ3n) is 2.26. The number of carbonyl (C=O) groups excluding carboxylic acids is 1. The minimum Gasteiger partial charge on any atom is -0.350 e. The predicted octanol–water partition coefficient (Wildman–Crippen LogP) is 2.54. The largest absolute Gasteiger partial charge is 0.350 e. The number of hydrogen-bond acceptors (Lipinski definition) is 1. The second kappa shape index (κ2) is 3.00. The topological polar surface area (TPSA) is 26.4 Å². The van der Waals surface area contributed by atoms with E-state index in [-0.39, 0.29) is 0 Å². The molecule has 2 aromatic rings. The average molecular weight is 184 g/mol. The molecule has 1 aromatic carbocycles. The van der Waals surface area contributed by atoms with Gasteiger partial charge in [-0.3, -0.25) is 4.79 Å². The van der Waals surface area contributed by atoms with Gasteiger partial charge in [-0.15, -0.1) is 0 Å². The van der Waals surface area contributed by atoms with E-state index in [9.17, 15) is 4.79 Å². The Morgan fingerprint density at radius 3 is 2.93 bits per heavy atom. The van der Waals surface area contributed by atoms with Crippen LogP contribution in [0.4, 0.5) is 5.69 Å². The van der Waals surface area contributed by atoms with Crippen molar-refractivity contribution in [3.8, 4) is 0 Å². The van der Waals surface area contributed by atoms with Gasteiger partial charge in [0, 0.05) is 24.3 Å². The first-order chi connectivity index (χ1) is 6.76. The van der Waals surface area contributed by atoms with Crippen molar-refractivity contribution < 1.29 is 4.79 Å². The lowest BCUT2D eigenvalue weighted by atomic mass is 10.2. The summed E-state index contributed by atoms with van der Waals surface area (Å²) in [4.78, 5) is 14.1. The molecule has 0 aliphatic heterocycles. The number of rotatable bonds is 1. The quantitative estimate of drug-likeness (QED) is 0.494. The van der Waals surface area contributed by atoms with E-state index in [1.165, 1.54) is 0 Å². The molecule has 0 fully saturated rings. The zero-order valence-corrected chi connectivity index (χ0v) is 7.69. The van der Waals surface area contributed by atoms with Gasteiger partial charge in [-0.1, -0.05) is 6.07 Å². The molecule has 0 saturated heterocycles. The monoisotopic (exact) mass is 184 g/mol. The van der Waals surface area contributed by atoms with Gasteiger partial charge >= 0.3 is 0 Å². The number of aryl methyl sites for hydroxylation is 1. The summed E-state index contributed by atoms with van der Waals surface area (Å²) in [5, 5.41) is 0.844. The second-order valence-corrected chi connectivity index (χ2v) is 3.13. The Kier molecular flexibility index (Phi) is 1.83. The SMILES string of the molecule is [C-]#[N+]c1ccc2c(c1)c(C=O)cn2C. The minimum absolute atomic E-state index is 0.562. The summed E-state index contributed by atoms with van der Waals surface area (Å²) in [6.07, 6.45) is 2.58. The molecule has 0 aliphatic rings. The van der Waals surface area contributed by atoms with Gasteiger partial charge in [-0.05, 0) is 17.5 Å². The fourth-order valence-electron chi connectivity index (χ4n) is 1.57. The minimum atomic E-state index is 0.562. The van der Waals surface area contributed by atoms with Crippen LogP contribution >= 0.6 is 0 Å². The van der Waals surface area contributed by atoms with E-state index in [0.717, 1.165) is 17.2 Å². The van der Waals surface area contributed by atoms with Gasteiger partial charge in [-0.25, -0.2) is 4.85 Å². The fourth-order valence-corrected chi connectivity index (χ4v) is 1.57. The van der Waals surface area contributed by atoms with Crippen LogP contribution in [0.25, 0.3) is 15.7 Å². The van der Waals surface area contributed by atoms with Crippen molar-refractivity contribution in [1.29, 1.82) is 0 Å². The zero-order valence-electron chi connectivity index (χ0n) is 7.69. The first-order valence-electron chi connectivity index (χ1n) is 4.18. The standard InChI is InChI=1S/C11H8N2O/c1-12-9-3-4-11-10(5-9)8(7-14)6-13(11)2/h3-7H,2H3.